The van der Waals surface area contributed by atoms with E-state index < -0.39 is 118 Å². The van der Waals surface area contributed by atoms with E-state index in [0.29, 0.717) is 12.2 Å². The van der Waals surface area contributed by atoms with Gasteiger partial charge in [0.05, 0.1) is 17.1 Å². The Labute approximate surface area is 437 Å². The average Bonchev–Trinajstić information content (AvgIpc) is 4.16. The minimum absolute atomic E-state index is 0.00916. The summed E-state index contributed by atoms with van der Waals surface area (Å²) < 4.78 is 7.84. The molecule has 408 valence electrons. The van der Waals surface area contributed by atoms with Gasteiger partial charge in [-0.2, -0.15) is 0 Å². The number of phenols is 1. The molecule has 3 saturated heterocycles. The van der Waals surface area contributed by atoms with Gasteiger partial charge in [0.1, 0.15) is 54.6 Å². The Morgan fingerprint density at radius 3 is 2.03 bits per heavy atom. The Morgan fingerprint density at radius 2 is 1.40 bits per heavy atom. The number of nitro benzene ring substituents is 1. The molecule has 10 atom stereocenters. The highest BCUT2D eigenvalue weighted by molar-refractivity contribution is 5.99. The maximum Gasteiger partial charge on any atom is 0.310 e. The smallest absolute Gasteiger partial charge is 0.310 e. The first kappa shape index (κ1) is 57.4. The fourth-order valence-electron chi connectivity index (χ4n) is 10.2. The molecule has 75 heavy (non-hydrogen) atoms. The summed E-state index contributed by atoms with van der Waals surface area (Å²) in [6, 6.07) is 1.75. The Hall–Kier alpha value is -6.87. The lowest BCUT2D eigenvalue weighted by Gasteiger charge is -2.46. The van der Waals surface area contributed by atoms with Crippen LogP contribution in [-0.2, 0) is 56.7 Å². The molecule has 0 saturated carbocycles. The number of benzene rings is 2. The van der Waals surface area contributed by atoms with Gasteiger partial charge in [-0.05, 0) is 88.5 Å². The van der Waals surface area contributed by atoms with Crippen LogP contribution in [-0.4, -0.2) is 151 Å². The van der Waals surface area contributed by atoms with Gasteiger partial charge in [0, 0.05) is 56.0 Å². The summed E-state index contributed by atoms with van der Waals surface area (Å²) in [6.45, 7) is 16.8. The molecule has 1 aromatic heterocycles. The second-order valence-electron chi connectivity index (χ2n) is 21.8. The quantitative estimate of drug-likeness (QED) is 0.0622. The van der Waals surface area contributed by atoms with E-state index in [1.807, 2.05) is 72.0 Å². The largest absolute Gasteiger partial charge is 0.502 e. The summed E-state index contributed by atoms with van der Waals surface area (Å²) >= 11 is 0. The molecular weight excluding hydrogens is 967 g/mol. The van der Waals surface area contributed by atoms with E-state index in [0.717, 1.165) is 32.8 Å². The van der Waals surface area contributed by atoms with Crippen LogP contribution in [0.1, 0.15) is 99.1 Å². The topological polar surface area (TPSA) is 278 Å². The SMILES string of the molecule is C/C=C/C[C@@H]1NC(=O)[C@H](CC(C)C)N2C(=O)[C@H](C[C@H](C)[C@@H]2O)N(C)C(=O)[C@@H](C)NC(=O)[C@@H](Cc2ccc(O)c([N+](=O)[O-])c2)NC(=O)[C@H](CC(C)C)N(C)C(=O)[C@@H](Cc2cn(C(C)(C)C3CO3)c3ccccc23)NC1=O. The number of aromatic hydroxyl groups is 1. The van der Waals surface area contributed by atoms with Crippen LogP contribution >= 0.6 is 0 Å². The Balaban J connectivity index is 1.51. The number of rotatable bonds is 13. The number of para-hydroxylation sites is 1. The van der Waals surface area contributed by atoms with Crippen LogP contribution < -0.4 is 21.3 Å². The van der Waals surface area contributed by atoms with Crippen molar-refractivity contribution in [2.24, 2.45) is 17.8 Å². The molecule has 0 radical (unpaired) electrons. The van der Waals surface area contributed by atoms with Crippen molar-refractivity contribution >= 4 is 57.9 Å². The highest BCUT2D eigenvalue weighted by Gasteiger charge is 2.48. The number of hydrogen-bond donors (Lipinski definition) is 6. The van der Waals surface area contributed by atoms with E-state index in [1.54, 1.807) is 26.0 Å². The Morgan fingerprint density at radius 1 is 0.800 bits per heavy atom. The van der Waals surface area contributed by atoms with Gasteiger partial charge in [-0.25, -0.2) is 0 Å². The molecule has 3 aromatic rings. The van der Waals surface area contributed by atoms with Gasteiger partial charge in [0.15, 0.2) is 5.75 Å². The predicted octanol–water partition coefficient (Wildman–Crippen LogP) is 3.41. The molecule has 1 unspecified atom stereocenters. The molecule has 3 fully saturated rings. The number of phenolic OH excluding ortho intramolecular Hbond substituents is 1. The molecule has 21 heteroatoms. The molecule has 6 N–H and O–H groups in total. The van der Waals surface area contributed by atoms with Gasteiger partial charge in [0.25, 0.3) is 0 Å². The average molecular weight is 1040 g/mol. The lowest BCUT2D eigenvalue weighted by atomic mass is 9.89. The van der Waals surface area contributed by atoms with Gasteiger partial charge in [-0.1, -0.05) is 71.0 Å². The van der Waals surface area contributed by atoms with E-state index in [-0.39, 0.29) is 62.0 Å². The molecule has 2 aromatic carbocycles. The lowest BCUT2D eigenvalue weighted by molar-refractivity contribution is -0.385. The summed E-state index contributed by atoms with van der Waals surface area (Å²) in [6.07, 6.45) is 3.36. The lowest BCUT2D eigenvalue weighted by Crippen LogP contribution is -2.66. The van der Waals surface area contributed by atoms with Crippen LogP contribution in [0.15, 0.2) is 60.8 Å². The van der Waals surface area contributed by atoms with Gasteiger partial charge >= 0.3 is 5.69 Å². The first-order chi connectivity index (χ1) is 35.3. The molecular formula is C54H75N9O12. The number of aromatic nitrogens is 1. The third-order valence-corrected chi connectivity index (χ3v) is 14.7. The third-order valence-electron chi connectivity index (χ3n) is 14.7. The van der Waals surface area contributed by atoms with Gasteiger partial charge in [-0.3, -0.25) is 43.7 Å². The van der Waals surface area contributed by atoms with Crippen molar-refractivity contribution in [1.82, 2.24) is 40.5 Å². The summed E-state index contributed by atoms with van der Waals surface area (Å²) in [5.74, 6) is -7.06. The second-order valence-corrected chi connectivity index (χ2v) is 21.8. The first-order valence-corrected chi connectivity index (χ1v) is 25.8. The Kier molecular flexibility index (Phi) is 18.2. The van der Waals surface area contributed by atoms with Crippen LogP contribution in [0.4, 0.5) is 5.69 Å². The van der Waals surface area contributed by atoms with E-state index in [2.05, 4.69) is 25.8 Å². The Bertz CT molecular complexity index is 2680. The number of epoxide rings is 1. The minimum atomic E-state index is -1.53. The molecule has 7 amide bonds. The molecule has 2 bridgehead atoms. The first-order valence-electron chi connectivity index (χ1n) is 25.8. The summed E-state index contributed by atoms with van der Waals surface area (Å²) in [5.41, 5.74) is 0.535. The number of aliphatic hydroxyl groups excluding tert-OH is 1. The molecule has 6 rings (SSSR count). The number of nitro groups is 1. The van der Waals surface area contributed by atoms with Crippen molar-refractivity contribution in [3.63, 3.8) is 0 Å². The number of nitrogens with zero attached hydrogens (tertiary/aromatic N) is 5. The highest BCUT2D eigenvalue weighted by atomic mass is 16.6. The summed E-state index contributed by atoms with van der Waals surface area (Å²) in [5, 5.41) is 45.9. The van der Waals surface area contributed by atoms with Crippen molar-refractivity contribution < 1.29 is 53.4 Å². The van der Waals surface area contributed by atoms with Gasteiger partial charge in [0.2, 0.25) is 41.4 Å². The van der Waals surface area contributed by atoms with Crippen LogP contribution in [0, 0.1) is 27.9 Å². The van der Waals surface area contributed by atoms with Crippen molar-refractivity contribution in [2.75, 3.05) is 20.7 Å². The number of allylic oxidation sites excluding steroid dienone is 1. The van der Waals surface area contributed by atoms with Crippen LogP contribution in [0.25, 0.3) is 10.9 Å². The van der Waals surface area contributed by atoms with Crippen molar-refractivity contribution in [3.8, 4) is 5.75 Å². The van der Waals surface area contributed by atoms with E-state index in [9.17, 15) is 49.1 Å². The molecule has 4 heterocycles. The van der Waals surface area contributed by atoms with Crippen molar-refractivity contribution in [3.05, 3.63) is 82.1 Å². The van der Waals surface area contributed by atoms with Crippen LogP contribution in [0.5, 0.6) is 5.75 Å². The maximum atomic E-state index is 15.4. The van der Waals surface area contributed by atoms with E-state index in [4.69, 9.17) is 4.74 Å². The van der Waals surface area contributed by atoms with Gasteiger partial charge in [-0.15, -0.1) is 0 Å². The molecule has 3 aliphatic heterocycles. The van der Waals surface area contributed by atoms with Crippen molar-refractivity contribution in [2.45, 2.75) is 161 Å². The van der Waals surface area contributed by atoms with Gasteiger partial charge < -0.3 is 55.5 Å². The third kappa shape index (κ3) is 13.0. The zero-order valence-corrected chi connectivity index (χ0v) is 44.9. The number of hydrogen-bond acceptors (Lipinski definition) is 12. The number of fused-ring (bicyclic) bond motifs is 3. The van der Waals surface area contributed by atoms with Crippen LogP contribution in [0.2, 0.25) is 0 Å². The number of nitrogens with one attached hydrogen (secondary N) is 4. The van der Waals surface area contributed by atoms with E-state index in [1.165, 1.54) is 32.0 Å². The number of likely N-dealkylation sites (N-methyl/N-ethyl adjacent to an activating group) is 2. The molecule has 0 spiro atoms. The summed E-state index contributed by atoms with van der Waals surface area (Å²) in [7, 11) is 2.79. The normalized spacial score (nSPS) is 27.1. The fraction of sp³-hybridized carbons (Fsp3) is 0.574. The molecule has 21 nitrogen and oxygen atoms in total. The number of ether oxygens (including phenoxy) is 1. The number of carbonyl (C=O) groups is 7. The monoisotopic (exact) mass is 1040 g/mol. The highest BCUT2D eigenvalue weighted by Crippen LogP contribution is 2.37. The maximum absolute atomic E-state index is 15.4. The fourth-order valence-corrected chi connectivity index (χ4v) is 10.2. The van der Waals surface area contributed by atoms with E-state index >= 15 is 4.79 Å². The minimum Gasteiger partial charge on any atom is -0.502 e. The molecule has 3 aliphatic rings. The standard InChI is InChI=1S/C54H75N9O12/c1-12-13-17-36-46(65)58-38(26-34-27-61(54(8,9)45-28-75-45)39-18-15-14-16-35(34)39)52(71)59(10)41(21-29(2)3)48(67)57-37(24-33-19-20-44(64)40(25-33)63(73)74)47(66)55-32(7)51(70)60(11)43-23-31(6)50(69)62(53(43)72)42(22-30(4)5)49(68)56-36/h12-16,18-20,25,27,29-32,36-38,41-43,45,50,64,69H,17,21-24,26,28H2,1-11H3,(H,55,66)(H,56,68)(H,57,67)(H,58,65)/b13-12+/t31-,32+,36-,37+,38+,41-,42-,43-,45?,50-/m0/s1. The number of piperidine rings is 1. The van der Waals surface area contributed by atoms with Crippen molar-refractivity contribution in [1.29, 1.82) is 0 Å². The van der Waals surface area contributed by atoms with Crippen LogP contribution in [0.3, 0.4) is 0 Å². The summed E-state index contributed by atoms with van der Waals surface area (Å²) in [4.78, 5) is 118. The molecule has 0 aliphatic carbocycles. The second kappa shape index (κ2) is 23.8. The number of amides is 7. The predicted molar refractivity (Wildman–Crippen MR) is 278 cm³/mol. The zero-order valence-electron chi connectivity index (χ0n) is 44.9. The number of aliphatic hydroxyl groups is 1. The zero-order chi connectivity index (χ0) is 55.4. The number of carbonyl (C=O) groups excluding carboxylic acids is 7.